The molecular weight excluding hydrogens is 280 g/mol. The Morgan fingerprint density at radius 1 is 1.14 bits per heavy atom. The molecule has 0 radical (unpaired) electrons. The highest BCUT2D eigenvalue weighted by molar-refractivity contribution is 5.98. The lowest BCUT2D eigenvalue weighted by atomic mass is 10.00. The first-order valence-corrected chi connectivity index (χ1v) is 7.85. The molecule has 4 heteroatoms. The second-order valence-electron chi connectivity index (χ2n) is 5.55. The van der Waals surface area contributed by atoms with Crippen molar-refractivity contribution in [3.05, 3.63) is 41.5 Å². The van der Waals surface area contributed by atoms with E-state index in [1.807, 2.05) is 0 Å². The number of esters is 1. The SMILES string of the molecule is CCCCCCCC(=O)c1ccc(C2=CC(=O)OC2O)cc1. The number of aliphatic hydroxyl groups excluding tert-OH is 1. The molecule has 1 aliphatic heterocycles. The van der Waals surface area contributed by atoms with Gasteiger partial charge in [0.15, 0.2) is 5.78 Å². The summed E-state index contributed by atoms with van der Waals surface area (Å²) in [5.74, 6) is -0.411. The maximum atomic E-state index is 12.1. The third-order valence-electron chi connectivity index (χ3n) is 3.81. The molecule has 1 heterocycles. The normalized spacial score (nSPS) is 17.3. The van der Waals surface area contributed by atoms with E-state index < -0.39 is 12.3 Å². The number of aliphatic hydroxyl groups is 1. The largest absolute Gasteiger partial charge is 0.428 e. The van der Waals surface area contributed by atoms with Crippen molar-refractivity contribution in [3.8, 4) is 0 Å². The molecule has 0 saturated heterocycles. The number of cyclic esters (lactones) is 1. The Balaban J connectivity index is 1.90. The Bertz CT molecular complexity index is 557. The van der Waals surface area contributed by atoms with Crippen LogP contribution in [0.2, 0.25) is 0 Å². The first kappa shape index (κ1) is 16.4. The molecule has 0 saturated carbocycles. The topological polar surface area (TPSA) is 63.6 Å². The summed E-state index contributed by atoms with van der Waals surface area (Å²) in [6.07, 6.45) is 6.24. The third-order valence-corrected chi connectivity index (χ3v) is 3.81. The Morgan fingerprint density at radius 2 is 1.82 bits per heavy atom. The molecule has 0 spiro atoms. The summed E-state index contributed by atoms with van der Waals surface area (Å²) in [7, 11) is 0. The van der Waals surface area contributed by atoms with E-state index >= 15 is 0 Å². The van der Waals surface area contributed by atoms with E-state index in [0.717, 1.165) is 12.8 Å². The average molecular weight is 302 g/mol. The van der Waals surface area contributed by atoms with Crippen molar-refractivity contribution in [3.63, 3.8) is 0 Å². The number of carbonyl (C=O) groups excluding carboxylic acids is 2. The lowest BCUT2D eigenvalue weighted by Gasteiger charge is -2.08. The fourth-order valence-corrected chi connectivity index (χ4v) is 2.51. The van der Waals surface area contributed by atoms with Crippen LogP contribution in [0.5, 0.6) is 0 Å². The van der Waals surface area contributed by atoms with Gasteiger partial charge in [0.25, 0.3) is 0 Å². The molecule has 1 aromatic rings. The summed E-state index contributed by atoms with van der Waals surface area (Å²) in [4.78, 5) is 23.2. The number of ketones is 1. The van der Waals surface area contributed by atoms with Crippen LogP contribution in [0.1, 0.15) is 61.4 Å². The molecule has 4 nitrogen and oxygen atoms in total. The third kappa shape index (κ3) is 4.28. The van der Waals surface area contributed by atoms with Gasteiger partial charge in [0.2, 0.25) is 6.29 Å². The molecule has 1 atom stereocenters. The minimum atomic E-state index is -1.22. The van der Waals surface area contributed by atoms with Gasteiger partial charge in [0.1, 0.15) is 0 Å². The predicted octanol–water partition coefficient (Wildman–Crippen LogP) is 3.49. The van der Waals surface area contributed by atoms with Crippen LogP contribution in [0.3, 0.4) is 0 Å². The van der Waals surface area contributed by atoms with Gasteiger partial charge in [-0.25, -0.2) is 4.79 Å². The summed E-state index contributed by atoms with van der Waals surface area (Å²) < 4.78 is 4.65. The van der Waals surface area contributed by atoms with Gasteiger partial charge in [-0.2, -0.15) is 0 Å². The monoisotopic (exact) mass is 302 g/mol. The predicted molar refractivity (Wildman–Crippen MR) is 84.2 cm³/mol. The zero-order valence-electron chi connectivity index (χ0n) is 12.9. The van der Waals surface area contributed by atoms with Crippen LogP contribution in [-0.2, 0) is 9.53 Å². The molecule has 2 rings (SSSR count). The minimum absolute atomic E-state index is 0.135. The van der Waals surface area contributed by atoms with Gasteiger partial charge in [-0.15, -0.1) is 0 Å². The number of ether oxygens (including phenoxy) is 1. The molecule has 1 aromatic carbocycles. The first-order chi connectivity index (χ1) is 10.6. The van der Waals surface area contributed by atoms with E-state index in [1.165, 1.54) is 25.3 Å². The van der Waals surface area contributed by atoms with Crippen molar-refractivity contribution in [1.29, 1.82) is 0 Å². The maximum Gasteiger partial charge on any atom is 0.333 e. The molecule has 1 aliphatic rings. The summed E-state index contributed by atoms with van der Waals surface area (Å²) >= 11 is 0. The molecule has 0 aromatic heterocycles. The van der Waals surface area contributed by atoms with Crippen LogP contribution in [0.25, 0.3) is 5.57 Å². The molecule has 1 N–H and O–H groups in total. The van der Waals surface area contributed by atoms with Gasteiger partial charge in [-0.05, 0) is 12.0 Å². The van der Waals surface area contributed by atoms with Crippen molar-refractivity contribution in [1.82, 2.24) is 0 Å². The van der Waals surface area contributed by atoms with Gasteiger partial charge in [-0.1, -0.05) is 56.9 Å². The molecule has 0 aliphatic carbocycles. The number of unbranched alkanes of at least 4 members (excludes halogenated alkanes) is 4. The standard InChI is InChI=1S/C18H22O4/c1-2-3-4-5-6-7-16(19)14-10-8-13(9-11-14)15-12-17(20)22-18(15)21/h8-12,18,21H,2-7H2,1H3. The van der Waals surface area contributed by atoms with E-state index in [4.69, 9.17) is 0 Å². The lowest BCUT2D eigenvalue weighted by molar-refractivity contribution is -0.149. The first-order valence-electron chi connectivity index (χ1n) is 7.85. The summed E-state index contributed by atoms with van der Waals surface area (Å²) in [5, 5.41) is 9.60. The summed E-state index contributed by atoms with van der Waals surface area (Å²) in [6.45, 7) is 2.17. The smallest absolute Gasteiger partial charge is 0.333 e. The van der Waals surface area contributed by atoms with Crippen LogP contribution in [-0.4, -0.2) is 23.1 Å². The van der Waals surface area contributed by atoms with Crippen molar-refractivity contribution >= 4 is 17.3 Å². The summed E-state index contributed by atoms with van der Waals surface area (Å²) in [5.41, 5.74) is 1.79. The van der Waals surface area contributed by atoms with E-state index in [2.05, 4.69) is 11.7 Å². The summed E-state index contributed by atoms with van der Waals surface area (Å²) in [6, 6.07) is 6.95. The number of hydrogen-bond donors (Lipinski definition) is 1. The lowest BCUT2D eigenvalue weighted by Crippen LogP contribution is -2.09. The Labute approximate surface area is 130 Å². The number of benzene rings is 1. The molecule has 118 valence electrons. The molecule has 0 fully saturated rings. The zero-order chi connectivity index (χ0) is 15.9. The average Bonchev–Trinajstić information content (AvgIpc) is 2.85. The minimum Gasteiger partial charge on any atom is -0.428 e. The highest BCUT2D eigenvalue weighted by Crippen LogP contribution is 2.25. The van der Waals surface area contributed by atoms with Crippen LogP contribution in [0, 0.1) is 0 Å². The van der Waals surface area contributed by atoms with Crippen molar-refractivity contribution in [2.24, 2.45) is 0 Å². The highest BCUT2D eigenvalue weighted by atomic mass is 16.6. The number of rotatable bonds is 8. The molecular formula is C18H22O4. The van der Waals surface area contributed by atoms with Crippen LogP contribution < -0.4 is 0 Å². The van der Waals surface area contributed by atoms with Gasteiger partial charge in [0, 0.05) is 23.6 Å². The molecule has 22 heavy (non-hydrogen) atoms. The van der Waals surface area contributed by atoms with E-state index in [9.17, 15) is 14.7 Å². The van der Waals surface area contributed by atoms with Gasteiger partial charge < -0.3 is 9.84 Å². The van der Waals surface area contributed by atoms with Crippen molar-refractivity contribution in [2.75, 3.05) is 0 Å². The van der Waals surface area contributed by atoms with E-state index in [0.29, 0.717) is 23.1 Å². The second-order valence-corrected chi connectivity index (χ2v) is 5.55. The zero-order valence-corrected chi connectivity index (χ0v) is 12.9. The van der Waals surface area contributed by atoms with Gasteiger partial charge >= 0.3 is 5.97 Å². The van der Waals surface area contributed by atoms with Crippen LogP contribution in [0.4, 0.5) is 0 Å². The van der Waals surface area contributed by atoms with E-state index in [-0.39, 0.29) is 5.78 Å². The van der Waals surface area contributed by atoms with Crippen molar-refractivity contribution < 1.29 is 19.4 Å². The molecule has 0 bridgehead atoms. The molecule has 0 amide bonds. The van der Waals surface area contributed by atoms with Gasteiger partial charge in [0.05, 0.1) is 0 Å². The number of carbonyl (C=O) groups is 2. The highest BCUT2D eigenvalue weighted by Gasteiger charge is 2.24. The Hall–Kier alpha value is -1.94. The second kappa shape index (κ2) is 7.90. The molecule has 1 unspecified atom stereocenters. The van der Waals surface area contributed by atoms with Crippen LogP contribution >= 0.6 is 0 Å². The van der Waals surface area contributed by atoms with E-state index in [1.54, 1.807) is 24.3 Å². The Morgan fingerprint density at radius 3 is 2.41 bits per heavy atom. The maximum absolute atomic E-state index is 12.1. The van der Waals surface area contributed by atoms with Crippen LogP contribution in [0.15, 0.2) is 30.3 Å². The fraction of sp³-hybridized carbons (Fsp3) is 0.444. The quantitative estimate of drug-likeness (QED) is 0.453. The Kier molecular flexibility index (Phi) is 5.90. The van der Waals surface area contributed by atoms with Gasteiger partial charge in [-0.3, -0.25) is 4.79 Å². The van der Waals surface area contributed by atoms with Crippen molar-refractivity contribution in [2.45, 2.75) is 51.7 Å². The number of hydrogen-bond acceptors (Lipinski definition) is 4. The number of Topliss-reactive ketones (excluding diaryl/α,β-unsaturated/α-hetero) is 1. The fourth-order valence-electron chi connectivity index (χ4n) is 2.51.